The van der Waals surface area contributed by atoms with Gasteiger partial charge in [0.2, 0.25) is 0 Å². The molecular formula is C22H26N2O2S. The number of nitrogens with one attached hydrogen (secondary N) is 2. The largest absolute Gasteiger partial charge is 0.349 e. The van der Waals surface area contributed by atoms with E-state index in [1.165, 1.54) is 12.8 Å². The molecule has 3 rings (SSSR count). The zero-order chi connectivity index (χ0) is 19.2. The maximum atomic E-state index is 12.7. The monoisotopic (exact) mass is 382 g/mol. The molecule has 0 bridgehead atoms. The summed E-state index contributed by atoms with van der Waals surface area (Å²) in [6, 6.07) is 15.0. The second-order valence-corrected chi connectivity index (χ2v) is 8.77. The minimum atomic E-state index is -0.137. The van der Waals surface area contributed by atoms with Crippen LogP contribution in [0.2, 0.25) is 0 Å². The molecule has 0 aliphatic heterocycles. The van der Waals surface area contributed by atoms with Gasteiger partial charge >= 0.3 is 0 Å². The van der Waals surface area contributed by atoms with Crippen LogP contribution >= 0.6 is 11.8 Å². The van der Waals surface area contributed by atoms with Gasteiger partial charge in [0.15, 0.2) is 0 Å². The summed E-state index contributed by atoms with van der Waals surface area (Å²) in [5.41, 5.74) is 1.97. The molecule has 0 heterocycles. The van der Waals surface area contributed by atoms with Crippen molar-refractivity contribution in [1.82, 2.24) is 5.32 Å². The first-order valence-corrected chi connectivity index (χ1v) is 10.4. The normalized spacial score (nSPS) is 14.3. The number of anilines is 1. The number of benzene rings is 2. The summed E-state index contributed by atoms with van der Waals surface area (Å²) in [5.74, 6) is -0.180. The average Bonchev–Trinajstić information content (AvgIpc) is 3.15. The van der Waals surface area contributed by atoms with E-state index in [9.17, 15) is 9.59 Å². The average molecular weight is 383 g/mol. The Morgan fingerprint density at radius 2 is 1.63 bits per heavy atom. The van der Waals surface area contributed by atoms with Crippen LogP contribution in [-0.4, -0.2) is 23.1 Å². The van der Waals surface area contributed by atoms with Gasteiger partial charge in [-0.05, 0) is 49.2 Å². The molecule has 0 saturated heterocycles. The number of hydrogen-bond donors (Lipinski definition) is 2. The van der Waals surface area contributed by atoms with Crippen molar-refractivity contribution in [3.63, 3.8) is 0 Å². The third-order valence-electron chi connectivity index (χ3n) is 4.59. The molecule has 0 atom stereocenters. The Hall–Kier alpha value is -2.27. The fourth-order valence-electron chi connectivity index (χ4n) is 3.25. The van der Waals surface area contributed by atoms with E-state index in [4.69, 9.17) is 0 Å². The Bertz CT molecular complexity index is 796. The molecule has 5 heteroatoms. The van der Waals surface area contributed by atoms with Crippen LogP contribution in [0.5, 0.6) is 0 Å². The van der Waals surface area contributed by atoms with Crippen LogP contribution in [0.1, 0.15) is 60.2 Å². The lowest BCUT2D eigenvalue weighted by Gasteiger charge is -2.13. The molecule has 0 radical (unpaired) electrons. The number of rotatable bonds is 6. The van der Waals surface area contributed by atoms with Crippen LogP contribution in [0, 0.1) is 0 Å². The summed E-state index contributed by atoms with van der Waals surface area (Å²) in [6.45, 7) is 4.21. The van der Waals surface area contributed by atoms with E-state index >= 15 is 0 Å². The third-order valence-corrected chi connectivity index (χ3v) is 5.67. The van der Waals surface area contributed by atoms with Gasteiger partial charge in [-0.3, -0.25) is 9.59 Å². The van der Waals surface area contributed by atoms with Gasteiger partial charge in [0.25, 0.3) is 11.8 Å². The van der Waals surface area contributed by atoms with E-state index in [2.05, 4.69) is 24.5 Å². The molecule has 0 spiro atoms. The van der Waals surface area contributed by atoms with Crippen molar-refractivity contribution >= 4 is 29.3 Å². The van der Waals surface area contributed by atoms with Gasteiger partial charge in [0.1, 0.15) is 0 Å². The van der Waals surface area contributed by atoms with E-state index in [-0.39, 0.29) is 11.8 Å². The molecule has 0 aromatic heterocycles. The lowest BCUT2D eigenvalue weighted by Crippen LogP contribution is -2.32. The summed E-state index contributed by atoms with van der Waals surface area (Å²) < 4.78 is 0. The van der Waals surface area contributed by atoms with Gasteiger partial charge in [-0.1, -0.05) is 38.8 Å². The molecule has 0 unspecified atom stereocenters. The molecule has 27 heavy (non-hydrogen) atoms. The van der Waals surface area contributed by atoms with Crippen LogP contribution in [0.4, 0.5) is 5.69 Å². The van der Waals surface area contributed by atoms with E-state index in [0.717, 1.165) is 17.7 Å². The summed E-state index contributed by atoms with van der Waals surface area (Å²) >= 11 is 1.67. The predicted octanol–water partition coefficient (Wildman–Crippen LogP) is 5.11. The maximum absolute atomic E-state index is 12.7. The van der Waals surface area contributed by atoms with Gasteiger partial charge in [0.05, 0.1) is 5.56 Å². The van der Waals surface area contributed by atoms with E-state index in [0.29, 0.717) is 28.1 Å². The number of thioether (sulfide) groups is 1. The number of carbonyl (C=O) groups excluding carboxylic acids is 2. The SMILES string of the molecule is CC(C)Sc1ccccc1C(=O)Nc1ccc(C(=O)NC2CCCC2)cc1. The van der Waals surface area contributed by atoms with Crippen LogP contribution in [0.15, 0.2) is 53.4 Å². The smallest absolute Gasteiger partial charge is 0.256 e. The van der Waals surface area contributed by atoms with Crippen molar-refractivity contribution in [2.75, 3.05) is 5.32 Å². The number of amides is 2. The highest BCUT2D eigenvalue weighted by Crippen LogP contribution is 2.27. The molecule has 142 valence electrons. The highest BCUT2D eigenvalue weighted by molar-refractivity contribution is 8.00. The second-order valence-electron chi connectivity index (χ2n) is 7.15. The molecular weight excluding hydrogens is 356 g/mol. The molecule has 1 aliphatic carbocycles. The molecule has 2 aromatic rings. The van der Waals surface area contributed by atoms with Crippen LogP contribution < -0.4 is 10.6 Å². The lowest BCUT2D eigenvalue weighted by molar-refractivity contribution is 0.0937. The van der Waals surface area contributed by atoms with Crippen molar-refractivity contribution in [2.24, 2.45) is 0 Å². The van der Waals surface area contributed by atoms with Crippen LogP contribution in [0.3, 0.4) is 0 Å². The van der Waals surface area contributed by atoms with Gasteiger partial charge in [0, 0.05) is 27.4 Å². The Morgan fingerprint density at radius 3 is 2.30 bits per heavy atom. The summed E-state index contributed by atoms with van der Waals surface area (Å²) in [7, 11) is 0. The summed E-state index contributed by atoms with van der Waals surface area (Å²) in [4.78, 5) is 25.9. The number of carbonyl (C=O) groups is 2. The zero-order valence-corrected chi connectivity index (χ0v) is 16.6. The highest BCUT2D eigenvalue weighted by Gasteiger charge is 2.18. The van der Waals surface area contributed by atoms with Crippen molar-refractivity contribution < 1.29 is 9.59 Å². The topological polar surface area (TPSA) is 58.2 Å². The molecule has 2 N–H and O–H groups in total. The zero-order valence-electron chi connectivity index (χ0n) is 15.8. The fraction of sp³-hybridized carbons (Fsp3) is 0.364. The molecule has 2 amide bonds. The summed E-state index contributed by atoms with van der Waals surface area (Å²) in [6.07, 6.45) is 4.50. The first-order valence-electron chi connectivity index (χ1n) is 9.51. The van der Waals surface area contributed by atoms with Gasteiger partial charge in [-0.25, -0.2) is 0 Å². The van der Waals surface area contributed by atoms with Crippen LogP contribution in [-0.2, 0) is 0 Å². The fourth-order valence-corrected chi connectivity index (χ4v) is 4.21. The van der Waals surface area contributed by atoms with Gasteiger partial charge in [-0.2, -0.15) is 0 Å². The molecule has 1 saturated carbocycles. The second kappa shape index (κ2) is 9.09. The molecule has 1 aliphatic rings. The van der Waals surface area contributed by atoms with Crippen LogP contribution in [0.25, 0.3) is 0 Å². The Balaban J connectivity index is 1.64. The van der Waals surface area contributed by atoms with Crippen molar-refractivity contribution in [2.45, 2.75) is 55.7 Å². The minimum absolute atomic E-state index is 0.0431. The summed E-state index contributed by atoms with van der Waals surface area (Å²) in [5, 5.41) is 6.40. The van der Waals surface area contributed by atoms with E-state index < -0.39 is 0 Å². The Kier molecular flexibility index (Phi) is 6.56. The van der Waals surface area contributed by atoms with E-state index in [1.807, 2.05) is 24.3 Å². The van der Waals surface area contributed by atoms with E-state index in [1.54, 1.807) is 36.0 Å². The lowest BCUT2D eigenvalue weighted by atomic mass is 10.1. The quantitative estimate of drug-likeness (QED) is 0.683. The standard InChI is InChI=1S/C22H26N2O2S/c1-15(2)27-20-10-6-5-9-19(20)22(26)24-18-13-11-16(12-14-18)21(25)23-17-7-3-4-8-17/h5-6,9-15,17H,3-4,7-8H2,1-2H3,(H,23,25)(H,24,26). The van der Waals surface area contributed by atoms with Crippen molar-refractivity contribution in [3.05, 3.63) is 59.7 Å². The third kappa shape index (κ3) is 5.36. The molecule has 4 nitrogen and oxygen atoms in total. The molecule has 1 fully saturated rings. The Morgan fingerprint density at radius 1 is 0.963 bits per heavy atom. The van der Waals surface area contributed by atoms with Crippen molar-refractivity contribution in [3.8, 4) is 0 Å². The highest BCUT2D eigenvalue weighted by atomic mass is 32.2. The van der Waals surface area contributed by atoms with Gasteiger partial charge in [-0.15, -0.1) is 11.8 Å². The predicted molar refractivity (Wildman–Crippen MR) is 112 cm³/mol. The first kappa shape index (κ1) is 19.5. The maximum Gasteiger partial charge on any atom is 0.256 e. The first-order chi connectivity index (χ1) is 13.0. The Labute approximate surface area is 165 Å². The molecule has 2 aromatic carbocycles. The number of hydrogen-bond acceptors (Lipinski definition) is 3. The van der Waals surface area contributed by atoms with Crippen molar-refractivity contribution in [1.29, 1.82) is 0 Å². The van der Waals surface area contributed by atoms with Gasteiger partial charge < -0.3 is 10.6 Å². The minimum Gasteiger partial charge on any atom is -0.349 e.